The number of imide groups is 1. The second kappa shape index (κ2) is 8.84. The number of allylic oxidation sites excluding steroid dienone is 2. The first-order valence-corrected chi connectivity index (χ1v) is 11.6. The zero-order valence-electron chi connectivity index (χ0n) is 17.9. The molecule has 170 valence electrons. The molecule has 8 heteroatoms. The van der Waals surface area contributed by atoms with E-state index in [0.29, 0.717) is 27.1 Å². The Morgan fingerprint density at radius 3 is 2.30 bits per heavy atom. The van der Waals surface area contributed by atoms with Crippen molar-refractivity contribution in [2.75, 3.05) is 7.11 Å². The highest BCUT2D eigenvalue weighted by Gasteiger charge is 2.56. The monoisotopic (exact) mass is 484 g/mol. The second-order valence-electron chi connectivity index (χ2n) is 8.51. The lowest BCUT2D eigenvalue weighted by Gasteiger charge is -2.37. The summed E-state index contributed by atoms with van der Waals surface area (Å²) in [7, 11) is 1.54. The Morgan fingerprint density at radius 2 is 1.70 bits per heavy atom. The van der Waals surface area contributed by atoms with Crippen LogP contribution in [0.4, 0.5) is 0 Å². The van der Waals surface area contributed by atoms with E-state index < -0.39 is 0 Å². The molecule has 2 bridgehead atoms. The molecule has 4 atom stereocenters. The highest BCUT2D eigenvalue weighted by atomic mass is 35.5. The van der Waals surface area contributed by atoms with Crippen LogP contribution in [0.3, 0.4) is 0 Å². The van der Waals surface area contributed by atoms with E-state index in [2.05, 4.69) is 17.3 Å². The van der Waals surface area contributed by atoms with E-state index in [1.54, 1.807) is 37.4 Å². The molecular weight excluding hydrogens is 463 g/mol. The first kappa shape index (κ1) is 22.0. The SMILES string of the molecule is COc1cc(C=NN2C(=O)[C@H]3[C@H](C2=O)[C@H]2C=C[C@H]3CC2)ccc1OCc1ccc(Cl)cc1Cl. The molecule has 4 aliphatic rings. The minimum absolute atomic E-state index is 0.141. The molecule has 0 aromatic heterocycles. The number of amides is 2. The van der Waals surface area contributed by atoms with Gasteiger partial charge < -0.3 is 9.47 Å². The van der Waals surface area contributed by atoms with Crippen LogP contribution in [-0.2, 0) is 16.2 Å². The van der Waals surface area contributed by atoms with Gasteiger partial charge in [-0.3, -0.25) is 9.59 Å². The Morgan fingerprint density at radius 1 is 1.00 bits per heavy atom. The molecular formula is C25H22Cl2N2O4. The summed E-state index contributed by atoms with van der Waals surface area (Å²) in [5, 5.41) is 6.38. The van der Waals surface area contributed by atoms with E-state index in [1.165, 1.54) is 6.21 Å². The summed E-state index contributed by atoms with van der Waals surface area (Å²) in [6.45, 7) is 0.246. The molecule has 2 aromatic rings. The van der Waals surface area contributed by atoms with Crippen LogP contribution in [0.2, 0.25) is 10.0 Å². The molecule has 1 heterocycles. The van der Waals surface area contributed by atoms with Crippen molar-refractivity contribution in [3.05, 3.63) is 69.7 Å². The van der Waals surface area contributed by atoms with Crippen LogP contribution >= 0.6 is 23.2 Å². The number of carbonyl (C=O) groups excluding carboxylic acids is 2. The van der Waals surface area contributed by atoms with Gasteiger partial charge in [0.05, 0.1) is 25.2 Å². The number of nitrogens with zero attached hydrogens (tertiary/aromatic N) is 2. The number of hydrazone groups is 1. The number of benzene rings is 2. The third-order valence-electron chi connectivity index (χ3n) is 6.64. The molecule has 1 saturated heterocycles. The topological polar surface area (TPSA) is 68.2 Å². The molecule has 33 heavy (non-hydrogen) atoms. The molecule has 1 saturated carbocycles. The van der Waals surface area contributed by atoms with Gasteiger partial charge in [0.2, 0.25) is 0 Å². The standard InChI is InChI=1S/C25H22Cl2N2O4/c1-32-21-10-14(2-9-20(21)33-13-17-7-8-18(26)11-19(17)27)12-28-29-24(30)22-15-3-4-16(6-5-15)23(22)25(29)31/h2-4,7-12,15-16,22-23H,5-6,13H2,1H3/t15-,16-,22+,23+/m0/s1. The lowest BCUT2D eigenvalue weighted by atomic mass is 9.63. The fourth-order valence-electron chi connectivity index (χ4n) is 4.97. The molecule has 0 N–H and O–H groups in total. The van der Waals surface area contributed by atoms with Crippen LogP contribution in [0, 0.1) is 23.7 Å². The average Bonchev–Trinajstić information content (AvgIpc) is 3.10. The maximum atomic E-state index is 12.9. The number of methoxy groups -OCH3 is 1. The van der Waals surface area contributed by atoms with Crippen molar-refractivity contribution in [2.24, 2.45) is 28.8 Å². The van der Waals surface area contributed by atoms with Gasteiger partial charge in [-0.1, -0.05) is 41.4 Å². The van der Waals surface area contributed by atoms with Crippen LogP contribution < -0.4 is 9.47 Å². The van der Waals surface area contributed by atoms with E-state index in [4.69, 9.17) is 32.7 Å². The first-order valence-electron chi connectivity index (χ1n) is 10.8. The first-order chi connectivity index (χ1) is 16.0. The molecule has 2 aromatic carbocycles. The third-order valence-corrected chi connectivity index (χ3v) is 7.23. The van der Waals surface area contributed by atoms with E-state index >= 15 is 0 Å². The summed E-state index contributed by atoms with van der Waals surface area (Å²) in [5.74, 6) is 0.359. The maximum Gasteiger partial charge on any atom is 0.254 e. The van der Waals surface area contributed by atoms with Gasteiger partial charge in [0.1, 0.15) is 6.61 Å². The number of hydrogen-bond acceptors (Lipinski definition) is 5. The van der Waals surface area contributed by atoms with Crippen molar-refractivity contribution >= 4 is 41.2 Å². The van der Waals surface area contributed by atoms with E-state index in [1.807, 2.05) is 6.07 Å². The Kier molecular flexibility index (Phi) is 5.89. The zero-order chi connectivity index (χ0) is 23.1. The summed E-state index contributed by atoms with van der Waals surface area (Å²) in [6.07, 6.45) is 7.60. The van der Waals surface area contributed by atoms with Crippen molar-refractivity contribution in [1.82, 2.24) is 5.01 Å². The maximum absolute atomic E-state index is 12.9. The van der Waals surface area contributed by atoms with Gasteiger partial charge in [-0.05, 0) is 60.6 Å². The highest BCUT2D eigenvalue weighted by Crippen LogP contribution is 2.49. The zero-order valence-corrected chi connectivity index (χ0v) is 19.4. The van der Waals surface area contributed by atoms with Crippen molar-refractivity contribution in [3.8, 4) is 11.5 Å². The summed E-state index contributed by atoms with van der Waals surface area (Å²) < 4.78 is 11.3. The van der Waals surface area contributed by atoms with E-state index in [-0.39, 0.29) is 42.1 Å². The number of fused-ring (bicyclic) bond motifs is 1. The molecule has 1 aliphatic heterocycles. The van der Waals surface area contributed by atoms with Gasteiger partial charge in [-0.15, -0.1) is 0 Å². The van der Waals surface area contributed by atoms with Gasteiger partial charge in [0, 0.05) is 15.6 Å². The average molecular weight is 485 g/mol. The molecule has 6 nitrogen and oxygen atoms in total. The minimum atomic E-state index is -0.275. The van der Waals surface area contributed by atoms with E-state index in [9.17, 15) is 9.59 Å². The van der Waals surface area contributed by atoms with Crippen molar-refractivity contribution in [3.63, 3.8) is 0 Å². The van der Waals surface area contributed by atoms with Crippen molar-refractivity contribution in [2.45, 2.75) is 19.4 Å². The van der Waals surface area contributed by atoms with Crippen LogP contribution in [0.5, 0.6) is 11.5 Å². The van der Waals surface area contributed by atoms with Gasteiger partial charge >= 0.3 is 0 Å². The van der Waals surface area contributed by atoms with Crippen LogP contribution in [0.25, 0.3) is 0 Å². The molecule has 2 amide bonds. The number of carbonyl (C=O) groups is 2. The summed E-state index contributed by atoms with van der Waals surface area (Å²) in [4.78, 5) is 25.8. The quantitative estimate of drug-likeness (QED) is 0.324. The second-order valence-corrected chi connectivity index (χ2v) is 9.35. The molecule has 6 rings (SSSR count). The molecule has 0 spiro atoms. The summed E-state index contributed by atoms with van der Waals surface area (Å²) >= 11 is 12.2. The highest BCUT2D eigenvalue weighted by molar-refractivity contribution is 6.35. The van der Waals surface area contributed by atoms with Gasteiger partial charge in [-0.2, -0.15) is 10.1 Å². The number of rotatable bonds is 6. The summed E-state index contributed by atoms with van der Waals surface area (Å²) in [5.41, 5.74) is 1.48. The fraction of sp³-hybridized carbons (Fsp3) is 0.320. The Labute approximate surface area is 201 Å². The minimum Gasteiger partial charge on any atom is -0.493 e. The van der Waals surface area contributed by atoms with Gasteiger partial charge in [-0.25, -0.2) is 0 Å². The fourth-order valence-corrected chi connectivity index (χ4v) is 5.44. The van der Waals surface area contributed by atoms with Crippen LogP contribution in [-0.4, -0.2) is 30.1 Å². The Hall–Kier alpha value is -2.83. The van der Waals surface area contributed by atoms with Crippen LogP contribution in [0.15, 0.2) is 53.7 Å². The normalized spacial score (nSPS) is 25.7. The predicted octanol–water partition coefficient (Wildman–Crippen LogP) is 5.11. The van der Waals surface area contributed by atoms with Gasteiger partial charge in [0.15, 0.2) is 11.5 Å². The van der Waals surface area contributed by atoms with Crippen molar-refractivity contribution in [1.29, 1.82) is 0 Å². The number of ether oxygens (including phenoxy) is 2. The predicted molar refractivity (Wildman–Crippen MR) is 126 cm³/mol. The van der Waals surface area contributed by atoms with Gasteiger partial charge in [0.25, 0.3) is 11.8 Å². The summed E-state index contributed by atoms with van der Waals surface area (Å²) in [6, 6.07) is 10.5. The molecule has 0 radical (unpaired) electrons. The third kappa shape index (κ3) is 4.02. The molecule has 0 unspecified atom stereocenters. The smallest absolute Gasteiger partial charge is 0.254 e. The Bertz CT molecular complexity index is 1150. The number of halogens is 2. The molecule has 2 fully saturated rings. The Balaban J connectivity index is 1.30. The lowest BCUT2D eigenvalue weighted by Crippen LogP contribution is -2.38. The molecule has 3 aliphatic carbocycles. The lowest BCUT2D eigenvalue weighted by molar-refractivity contribution is -0.140. The number of hydrogen-bond donors (Lipinski definition) is 0. The largest absolute Gasteiger partial charge is 0.493 e. The van der Waals surface area contributed by atoms with Crippen LogP contribution in [0.1, 0.15) is 24.0 Å². The van der Waals surface area contributed by atoms with E-state index in [0.717, 1.165) is 23.4 Å². The van der Waals surface area contributed by atoms with Crippen molar-refractivity contribution < 1.29 is 19.1 Å².